The molecule has 1 aromatic heterocycles. The molecule has 1 fully saturated rings. The highest BCUT2D eigenvalue weighted by Crippen LogP contribution is 2.39. The molecular formula is C11H9ClN4OS. The van der Waals surface area contributed by atoms with Crippen molar-refractivity contribution < 1.29 is 4.79 Å². The molecule has 2 heterocycles. The van der Waals surface area contributed by atoms with Crippen molar-refractivity contribution in [3.63, 3.8) is 0 Å². The standard InChI is InChI=1S/C11H9ClN4OS/c12-9-4-2-1-3-8(9)11-16(10(17)5-18-11)15-6-13-14-7-15/h1-4,6-7,11H,5H2. The first-order valence-corrected chi connectivity index (χ1v) is 6.73. The fourth-order valence-electron chi connectivity index (χ4n) is 1.87. The third-order valence-corrected chi connectivity index (χ3v) is 4.20. The molecule has 0 aliphatic carbocycles. The van der Waals surface area contributed by atoms with Crippen LogP contribution in [0.2, 0.25) is 5.02 Å². The third-order valence-electron chi connectivity index (χ3n) is 2.67. The van der Waals surface area contributed by atoms with Crippen LogP contribution in [0.25, 0.3) is 0 Å². The quantitative estimate of drug-likeness (QED) is 0.842. The van der Waals surface area contributed by atoms with Crippen molar-refractivity contribution in [3.05, 3.63) is 47.5 Å². The fraction of sp³-hybridized carbons (Fsp3) is 0.182. The van der Waals surface area contributed by atoms with Crippen LogP contribution in [0.15, 0.2) is 36.9 Å². The Labute approximate surface area is 113 Å². The van der Waals surface area contributed by atoms with Crippen LogP contribution in [0.4, 0.5) is 0 Å². The summed E-state index contributed by atoms with van der Waals surface area (Å²) in [4.78, 5) is 12.0. The fourth-order valence-corrected chi connectivity index (χ4v) is 3.36. The number of hydrogen-bond acceptors (Lipinski definition) is 4. The van der Waals surface area contributed by atoms with Crippen LogP contribution in [0.3, 0.4) is 0 Å². The summed E-state index contributed by atoms with van der Waals surface area (Å²) in [5.74, 6) is 0.443. The van der Waals surface area contributed by atoms with Crippen molar-refractivity contribution in [2.24, 2.45) is 0 Å². The molecule has 7 heteroatoms. The van der Waals surface area contributed by atoms with Gasteiger partial charge in [0, 0.05) is 10.6 Å². The summed E-state index contributed by atoms with van der Waals surface area (Å²) >= 11 is 7.73. The summed E-state index contributed by atoms with van der Waals surface area (Å²) in [7, 11) is 0. The zero-order valence-electron chi connectivity index (χ0n) is 9.23. The van der Waals surface area contributed by atoms with E-state index in [1.807, 2.05) is 24.3 Å². The van der Waals surface area contributed by atoms with Crippen LogP contribution in [0, 0.1) is 0 Å². The zero-order valence-corrected chi connectivity index (χ0v) is 10.8. The van der Waals surface area contributed by atoms with E-state index in [0.29, 0.717) is 10.8 Å². The van der Waals surface area contributed by atoms with E-state index in [4.69, 9.17) is 11.6 Å². The predicted molar refractivity (Wildman–Crippen MR) is 69.9 cm³/mol. The average Bonchev–Trinajstić information content (AvgIpc) is 2.98. The number of benzene rings is 1. The molecular weight excluding hydrogens is 272 g/mol. The zero-order chi connectivity index (χ0) is 12.5. The SMILES string of the molecule is O=C1CSC(c2ccccc2Cl)N1n1cnnc1. The number of nitrogens with zero attached hydrogens (tertiary/aromatic N) is 4. The van der Waals surface area contributed by atoms with Gasteiger partial charge in [0.1, 0.15) is 18.0 Å². The molecule has 1 aliphatic heterocycles. The predicted octanol–water partition coefficient (Wildman–Crippen LogP) is 1.84. The van der Waals surface area contributed by atoms with Gasteiger partial charge in [-0.15, -0.1) is 22.0 Å². The minimum absolute atomic E-state index is 0.0183. The van der Waals surface area contributed by atoms with Crippen molar-refractivity contribution >= 4 is 29.3 Å². The van der Waals surface area contributed by atoms with Crippen LogP contribution in [-0.4, -0.2) is 26.5 Å². The lowest BCUT2D eigenvalue weighted by molar-refractivity contribution is -0.117. The first kappa shape index (κ1) is 11.6. The summed E-state index contributed by atoms with van der Waals surface area (Å²) in [6.45, 7) is 0. The maximum absolute atomic E-state index is 12.0. The maximum Gasteiger partial charge on any atom is 0.252 e. The van der Waals surface area contributed by atoms with Crippen LogP contribution in [0.5, 0.6) is 0 Å². The molecule has 0 radical (unpaired) electrons. The first-order valence-electron chi connectivity index (χ1n) is 5.30. The average molecular weight is 281 g/mol. The largest absolute Gasteiger partial charge is 0.272 e. The number of hydrogen-bond donors (Lipinski definition) is 0. The van der Waals surface area contributed by atoms with Crippen molar-refractivity contribution in [2.45, 2.75) is 5.37 Å². The number of carbonyl (C=O) groups excluding carboxylic acids is 1. The lowest BCUT2D eigenvalue weighted by atomic mass is 10.2. The molecule has 0 bridgehead atoms. The number of rotatable bonds is 2. The lowest BCUT2D eigenvalue weighted by Gasteiger charge is -2.24. The molecule has 1 aromatic carbocycles. The van der Waals surface area contributed by atoms with Gasteiger partial charge in [-0.2, -0.15) is 0 Å². The molecule has 1 atom stereocenters. The Kier molecular flexibility index (Phi) is 2.97. The van der Waals surface area contributed by atoms with Gasteiger partial charge in [-0.25, -0.2) is 9.69 Å². The Balaban J connectivity index is 2.02. The number of thioether (sulfide) groups is 1. The Hall–Kier alpha value is -1.53. The summed E-state index contributed by atoms with van der Waals surface area (Å²) in [6, 6.07) is 7.53. The van der Waals surface area contributed by atoms with Gasteiger partial charge in [0.05, 0.1) is 5.75 Å². The molecule has 0 spiro atoms. The second-order valence-electron chi connectivity index (χ2n) is 3.77. The summed E-state index contributed by atoms with van der Waals surface area (Å²) < 4.78 is 1.59. The van der Waals surface area contributed by atoms with E-state index in [2.05, 4.69) is 10.2 Å². The highest BCUT2D eigenvalue weighted by atomic mass is 35.5. The van der Waals surface area contributed by atoms with E-state index in [1.54, 1.807) is 9.69 Å². The maximum atomic E-state index is 12.0. The van der Waals surface area contributed by atoms with Gasteiger partial charge < -0.3 is 0 Å². The number of amides is 1. The lowest BCUT2D eigenvalue weighted by Crippen LogP contribution is -2.37. The second-order valence-corrected chi connectivity index (χ2v) is 5.24. The van der Waals surface area contributed by atoms with E-state index in [0.717, 1.165) is 5.56 Å². The van der Waals surface area contributed by atoms with E-state index in [1.165, 1.54) is 24.4 Å². The Morgan fingerprint density at radius 1 is 1.28 bits per heavy atom. The van der Waals surface area contributed by atoms with Crippen molar-refractivity contribution in [1.29, 1.82) is 0 Å². The van der Waals surface area contributed by atoms with Gasteiger partial charge >= 0.3 is 0 Å². The van der Waals surface area contributed by atoms with E-state index < -0.39 is 0 Å². The van der Waals surface area contributed by atoms with E-state index in [9.17, 15) is 4.79 Å². The van der Waals surface area contributed by atoms with Gasteiger partial charge in [0.25, 0.3) is 5.91 Å². The van der Waals surface area contributed by atoms with Crippen LogP contribution >= 0.6 is 23.4 Å². The van der Waals surface area contributed by atoms with Gasteiger partial charge in [-0.3, -0.25) is 4.79 Å². The minimum atomic E-state index is -0.137. The molecule has 1 amide bonds. The molecule has 18 heavy (non-hydrogen) atoms. The number of aromatic nitrogens is 3. The number of halogens is 1. The van der Waals surface area contributed by atoms with Crippen molar-refractivity contribution in [3.8, 4) is 0 Å². The Bertz CT molecular complexity index is 574. The molecule has 0 N–H and O–H groups in total. The van der Waals surface area contributed by atoms with Crippen LogP contribution in [0.1, 0.15) is 10.9 Å². The number of carbonyl (C=O) groups is 1. The van der Waals surface area contributed by atoms with Crippen LogP contribution in [-0.2, 0) is 4.79 Å². The smallest absolute Gasteiger partial charge is 0.252 e. The monoisotopic (exact) mass is 280 g/mol. The molecule has 1 saturated heterocycles. The molecule has 5 nitrogen and oxygen atoms in total. The Morgan fingerprint density at radius 2 is 2.00 bits per heavy atom. The van der Waals surface area contributed by atoms with Crippen molar-refractivity contribution in [2.75, 3.05) is 10.8 Å². The minimum Gasteiger partial charge on any atom is -0.272 e. The molecule has 1 aliphatic rings. The highest BCUT2D eigenvalue weighted by Gasteiger charge is 2.35. The highest BCUT2D eigenvalue weighted by molar-refractivity contribution is 8.00. The summed E-state index contributed by atoms with van der Waals surface area (Å²) in [5, 5.41) is 9.59. The first-order chi connectivity index (χ1) is 8.77. The molecule has 0 saturated carbocycles. The molecule has 92 valence electrons. The Morgan fingerprint density at radius 3 is 2.72 bits per heavy atom. The second kappa shape index (κ2) is 4.62. The van der Waals surface area contributed by atoms with Crippen LogP contribution < -0.4 is 5.01 Å². The van der Waals surface area contributed by atoms with Gasteiger partial charge in [-0.05, 0) is 6.07 Å². The van der Waals surface area contributed by atoms with Gasteiger partial charge in [0.15, 0.2) is 0 Å². The van der Waals surface area contributed by atoms with Gasteiger partial charge in [0.2, 0.25) is 0 Å². The van der Waals surface area contributed by atoms with E-state index in [-0.39, 0.29) is 11.3 Å². The molecule has 2 aromatic rings. The van der Waals surface area contributed by atoms with Gasteiger partial charge in [-0.1, -0.05) is 29.8 Å². The molecule has 1 unspecified atom stereocenters. The normalized spacial score (nSPS) is 19.5. The third kappa shape index (κ3) is 1.87. The van der Waals surface area contributed by atoms with Crippen molar-refractivity contribution in [1.82, 2.24) is 14.9 Å². The summed E-state index contributed by atoms with van der Waals surface area (Å²) in [6.07, 6.45) is 3.02. The molecule has 3 rings (SSSR count). The van der Waals surface area contributed by atoms with E-state index >= 15 is 0 Å². The topological polar surface area (TPSA) is 51.0 Å². The summed E-state index contributed by atoms with van der Waals surface area (Å²) in [5.41, 5.74) is 0.920.